The molecule has 0 saturated heterocycles. The van der Waals surface area contributed by atoms with Crippen LogP contribution in [0.3, 0.4) is 0 Å². The summed E-state index contributed by atoms with van der Waals surface area (Å²) in [4.78, 5) is 4.17. The van der Waals surface area contributed by atoms with E-state index in [9.17, 15) is 0 Å². The minimum absolute atomic E-state index is 0.399. The van der Waals surface area contributed by atoms with Crippen LogP contribution in [-0.2, 0) is 11.3 Å². The van der Waals surface area contributed by atoms with Gasteiger partial charge in [-0.05, 0) is 36.8 Å². The topological polar surface area (TPSA) is 57.9 Å². The number of nitrogens with one attached hydrogen (secondary N) is 1. The molecule has 0 spiro atoms. The van der Waals surface area contributed by atoms with Crippen LogP contribution < -0.4 is 5.32 Å². The van der Waals surface area contributed by atoms with Gasteiger partial charge in [0.1, 0.15) is 17.6 Å². The second kappa shape index (κ2) is 6.53. The zero-order valence-electron chi connectivity index (χ0n) is 10.8. The van der Waals surface area contributed by atoms with Gasteiger partial charge in [0.15, 0.2) is 0 Å². The zero-order chi connectivity index (χ0) is 13.5. The summed E-state index contributed by atoms with van der Waals surface area (Å²) in [6, 6.07) is 15.3. The first-order valence-corrected chi connectivity index (χ1v) is 6.12. The lowest BCUT2D eigenvalue weighted by Gasteiger charge is -2.08. The maximum Gasteiger partial charge on any atom is 0.142 e. The van der Waals surface area contributed by atoms with Crippen LogP contribution in [0, 0.1) is 11.3 Å². The monoisotopic (exact) mass is 253 g/mol. The third kappa shape index (κ3) is 3.80. The van der Waals surface area contributed by atoms with Crippen LogP contribution in [0.5, 0.6) is 0 Å². The molecule has 2 aromatic rings. The summed E-state index contributed by atoms with van der Waals surface area (Å²) in [5, 5.41) is 12.0. The van der Waals surface area contributed by atoms with Crippen molar-refractivity contribution in [3.8, 4) is 6.07 Å². The SMILES string of the molecule is CCOCc1cccc(Nc2cccc(C#N)n2)c1. The fourth-order valence-electron chi connectivity index (χ4n) is 1.67. The van der Waals surface area contributed by atoms with Crippen LogP contribution in [0.1, 0.15) is 18.2 Å². The van der Waals surface area contributed by atoms with Crippen molar-refractivity contribution in [3.05, 3.63) is 53.7 Å². The number of nitriles is 1. The fraction of sp³-hybridized carbons (Fsp3) is 0.200. The number of rotatable bonds is 5. The average Bonchev–Trinajstić information content (AvgIpc) is 2.46. The van der Waals surface area contributed by atoms with E-state index in [2.05, 4.69) is 10.3 Å². The smallest absolute Gasteiger partial charge is 0.142 e. The molecule has 0 aliphatic rings. The molecular weight excluding hydrogens is 238 g/mol. The second-order valence-electron chi connectivity index (χ2n) is 3.98. The first-order chi connectivity index (χ1) is 9.31. The lowest BCUT2D eigenvalue weighted by molar-refractivity contribution is 0.134. The van der Waals surface area contributed by atoms with E-state index in [4.69, 9.17) is 10.00 Å². The summed E-state index contributed by atoms with van der Waals surface area (Å²) in [6.45, 7) is 3.26. The van der Waals surface area contributed by atoms with Crippen molar-refractivity contribution >= 4 is 11.5 Å². The van der Waals surface area contributed by atoms with Gasteiger partial charge >= 0.3 is 0 Å². The number of aromatic nitrogens is 1. The fourth-order valence-corrected chi connectivity index (χ4v) is 1.67. The number of hydrogen-bond donors (Lipinski definition) is 1. The molecule has 0 unspecified atom stereocenters. The van der Waals surface area contributed by atoms with Crippen molar-refractivity contribution in [2.24, 2.45) is 0 Å². The number of ether oxygens (including phenoxy) is 1. The predicted octanol–water partition coefficient (Wildman–Crippen LogP) is 3.23. The molecule has 0 fully saturated rings. The van der Waals surface area contributed by atoms with Crippen molar-refractivity contribution in [1.82, 2.24) is 4.98 Å². The number of anilines is 2. The van der Waals surface area contributed by atoms with Gasteiger partial charge in [-0.2, -0.15) is 5.26 Å². The van der Waals surface area contributed by atoms with Gasteiger partial charge < -0.3 is 10.1 Å². The van der Waals surface area contributed by atoms with Crippen molar-refractivity contribution in [3.63, 3.8) is 0 Å². The van der Waals surface area contributed by atoms with Crippen LogP contribution in [0.15, 0.2) is 42.5 Å². The van der Waals surface area contributed by atoms with E-state index < -0.39 is 0 Å². The van der Waals surface area contributed by atoms with Crippen molar-refractivity contribution < 1.29 is 4.74 Å². The van der Waals surface area contributed by atoms with Gasteiger partial charge in [0.05, 0.1) is 6.61 Å². The Labute approximate surface area is 112 Å². The Morgan fingerprint density at radius 3 is 2.89 bits per heavy atom. The van der Waals surface area contributed by atoms with Gasteiger partial charge in [-0.15, -0.1) is 0 Å². The molecule has 4 heteroatoms. The van der Waals surface area contributed by atoms with E-state index >= 15 is 0 Å². The van der Waals surface area contributed by atoms with Gasteiger partial charge in [0, 0.05) is 12.3 Å². The maximum atomic E-state index is 8.81. The van der Waals surface area contributed by atoms with Gasteiger partial charge in [0.25, 0.3) is 0 Å². The largest absolute Gasteiger partial charge is 0.377 e. The number of benzene rings is 1. The molecule has 0 aliphatic carbocycles. The molecule has 19 heavy (non-hydrogen) atoms. The van der Waals surface area contributed by atoms with Crippen LogP contribution in [-0.4, -0.2) is 11.6 Å². The Kier molecular flexibility index (Phi) is 4.49. The van der Waals surface area contributed by atoms with Gasteiger partial charge in [-0.3, -0.25) is 0 Å². The summed E-state index contributed by atoms with van der Waals surface area (Å²) < 4.78 is 5.37. The quantitative estimate of drug-likeness (QED) is 0.888. The molecule has 1 N–H and O–H groups in total. The number of pyridine rings is 1. The Balaban J connectivity index is 2.12. The molecule has 96 valence electrons. The summed E-state index contributed by atoms with van der Waals surface area (Å²) in [5.74, 6) is 0.660. The second-order valence-corrected chi connectivity index (χ2v) is 3.98. The lowest BCUT2D eigenvalue weighted by Crippen LogP contribution is -1.97. The first kappa shape index (κ1) is 13.1. The van der Waals surface area contributed by atoms with Crippen molar-refractivity contribution in [2.45, 2.75) is 13.5 Å². The summed E-state index contributed by atoms with van der Waals surface area (Å²) in [7, 11) is 0. The molecular formula is C15H15N3O. The Morgan fingerprint density at radius 1 is 1.26 bits per heavy atom. The van der Waals surface area contributed by atoms with E-state index in [1.807, 2.05) is 43.3 Å². The maximum absolute atomic E-state index is 8.81. The Morgan fingerprint density at radius 2 is 2.11 bits per heavy atom. The minimum atomic E-state index is 0.399. The van der Waals surface area contributed by atoms with Crippen LogP contribution in [0.2, 0.25) is 0 Å². The Bertz CT molecular complexity index is 590. The van der Waals surface area contributed by atoms with E-state index in [1.54, 1.807) is 12.1 Å². The molecule has 0 amide bonds. The predicted molar refractivity (Wildman–Crippen MR) is 74.0 cm³/mol. The third-order valence-electron chi connectivity index (χ3n) is 2.54. The van der Waals surface area contributed by atoms with E-state index in [0.717, 1.165) is 11.3 Å². The number of nitrogens with zero attached hydrogens (tertiary/aromatic N) is 2. The van der Waals surface area contributed by atoms with Crippen molar-refractivity contribution in [1.29, 1.82) is 5.26 Å². The molecule has 0 saturated carbocycles. The van der Waals surface area contributed by atoms with E-state index in [0.29, 0.717) is 24.7 Å². The summed E-state index contributed by atoms with van der Waals surface area (Å²) in [5.41, 5.74) is 2.43. The van der Waals surface area contributed by atoms with Gasteiger partial charge in [-0.1, -0.05) is 18.2 Å². The normalized spacial score (nSPS) is 9.89. The van der Waals surface area contributed by atoms with Gasteiger partial charge in [-0.25, -0.2) is 4.98 Å². The molecule has 0 bridgehead atoms. The zero-order valence-corrected chi connectivity index (χ0v) is 10.8. The lowest BCUT2D eigenvalue weighted by atomic mass is 10.2. The molecule has 1 aromatic carbocycles. The first-order valence-electron chi connectivity index (χ1n) is 6.12. The molecule has 1 heterocycles. The van der Waals surface area contributed by atoms with Crippen LogP contribution in [0.25, 0.3) is 0 Å². The summed E-state index contributed by atoms with van der Waals surface area (Å²) in [6.07, 6.45) is 0. The Hall–Kier alpha value is -2.38. The third-order valence-corrected chi connectivity index (χ3v) is 2.54. The highest BCUT2D eigenvalue weighted by molar-refractivity contribution is 5.57. The molecule has 1 aromatic heterocycles. The van der Waals surface area contributed by atoms with E-state index in [1.165, 1.54) is 0 Å². The molecule has 0 radical (unpaired) electrons. The molecule has 0 aliphatic heterocycles. The molecule has 2 rings (SSSR count). The van der Waals surface area contributed by atoms with Crippen molar-refractivity contribution in [2.75, 3.05) is 11.9 Å². The van der Waals surface area contributed by atoms with Gasteiger partial charge in [0.2, 0.25) is 0 Å². The highest BCUT2D eigenvalue weighted by Crippen LogP contribution is 2.16. The van der Waals surface area contributed by atoms with Crippen LogP contribution >= 0.6 is 0 Å². The van der Waals surface area contributed by atoms with Crippen LogP contribution in [0.4, 0.5) is 11.5 Å². The standard InChI is InChI=1S/C15H15N3O/c1-2-19-11-12-5-3-6-13(9-12)17-15-8-4-7-14(10-16)18-15/h3-9H,2,11H2,1H3,(H,17,18). The minimum Gasteiger partial charge on any atom is -0.377 e. The highest BCUT2D eigenvalue weighted by atomic mass is 16.5. The molecule has 4 nitrogen and oxygen atoms in total. The average molecular weight is 253 g/mol. The highest BCUT2D eigenvalue weighted by Gasteiger charge is 1.99. The van der Waals surface area contributed by atoms with E-state index in [-0.39, 0.29) is 0 Å². The number of hydrogen-bond acceptors (Lipinski definition) is 4. The molecule has 0 atom stereocenters. The summed E-state index contributed by atoms with van der Waals surface area (Å²) >= 11 is 0.